The molecule has 86 valence electrons. The SMILES string of the molecule is NC(=O)C1CCCN(Oc2ccccn2)C1. The molecule has 0 saturated carbocycles. The van der Waals surface area contributed by atoms with Gasteiger partial charge in [-0.3, -0.25) is 4.79 Å². The van der Waals surface area contributed by atoms with Gasteiger partial charge in [0.05, 0.1) is 5.92 Å². The number of carbonyl (C=O) groups is 1. The van der Waals surface area contributed by atoms with Gasteiger partial charge >= 0.3 is 0 Å². The summed E-state index contributed by atoms with van der Waals surface area (Å²) in [6.07, 6.45) is 3.43. The number of carbonyl (C=O) groups excluding carboxylic acids is 1. The molecule has 0 radical (unpaired) electrons. The van der Waals surface area contributed by atoms with Crippen molar-refractivity contribution in [3.05, 3.63) is 24.4 Å². The highest BCUT2D eigenvalue weighted by atomic mass is 16.7. The van der Waals surface area contributed by atoms with Gasteiger partial charge in [-0.2, -0.15) is 0 Å². The molecule has 0 bridgehead atoms. The smallest absolute Gasteiger partial charge is 0.238 e. The van der Waals surface area contributed by atoms with Crippen LogP contribution in [0, 0.1) is 5.92 Å². The van der Waals surface area contributed by atoms with Crippen LogP contribution in [0.5, 0.6) is 5.88 Å². The fourth-order valence-corrected chi connectivity index (χ4v) is 1.79. The van der Waals surface area contributed by atoms with E-state index < -0.39 is 0 Å². The highest BCUT2D eigenvalue weighted by Gasteiger charge is 2.25. The summed E-state index contributed by atoms with van der Waals surface area (Å²) in [5.41, 5.74) is 5.29. The molecule has 1 aliphatic heterocycles. The molecule has 1 unspecified atom stereocenters. The first kappa shape index (κ1) is 10.9. The zero-order valence-electron chi connectivity index (χ0n) is 9.00. The van der Waals surface area contributed by atoms with Gasteiger partial charge in [0, 0.05) is 25.4 Å². The minimum absolute atomic E-state index is 0.113. The number of pyridine rings is 1. The van der Waals surface area contributed by atoms with Crippen LogP contribution in [0.2, 0.25) is 0 Å². The third-order valence-corrected chi connectivity index (χ3v) is 2.65. The van der Waals surface area contributed by atoms with Gasteiger partial charge in [0.1, 0.15) is 0 Å². The van der Waals surface area contributed by atoms with E-state index in [0.29, 0.717) is 12.4 Å². The molecule has 1 atom stereocenters. The van der Waals surface area contributed by atoms with Crippen LogP contribution < -0.4 is 10.6 Å². The van der Waals surface area contributed by atoms with E-state index in [1.54, 1.807) is 17.3 Å². The lowest BCUT2D eigenvalue weighted by molar-refractivity contribution is -0.132. The van der Waals surface area contributed by atoms with Gasteiger partial charge in [-0.05, 0) is 18.9 Å². The van der Waals surface area contributed by atoms with Crippen molar-refractivity contribution in [1.82, 2.24) is 10.0 Å². The Balaban J connectivity index is 1.93. The molecule has 1 fully saturated rings. The van der Waals surface area contributed by atoms with Crippen LogP contribution in [-0.4, -0.2) is 29.0 Å². The van der Waals surface area contributed by atoms with E-state index in [0.717, 1.165) is 19.4 Å². The Hall–Kier alpha value is -1.62. The van der Waals surface area contributed by atoms with Gasteiger partial charge < -0.3 is 10.6 Å². The molecule has 2 heterocycles. The van der Waals surface area contributed by atoms with Crippen molar-refractivity contribution in [2.75, 3.05) is 13.1 Å². The predicted octanol–water partition coefficient (Wildman–Crippen LogP) is 0.573. The lowest BCUT2D eigenvalue weighted by atomic mass is 9.99. The molecule has 0 aliphatic carbocycles. The van der Waals surface area contributed by atoms with Crippen LogP contribution in [0.4, 0.5) is 0 Å². The Morgan fingerprint density at radius 1 is 1.56 bits per heavy atom. The summed E-state index contributed by atoms with van der Waals surface area (Å²) in [5, 5.41) is 1.75. The minimum Gasteiger partial charge on any atom is -0.386 e. The Kier molecular flexibility index (Phi) is 3.36. The van der Waals surface area contributed by atoms with Crippen molar-refractivity contribution in [2.45, 2.75) is 12.8 Å². The maximum Gasteiger partial charge on any atom is 0.238 e. The third kappa shape index (κ3) is 2.70. The van der Waals surface area contributed by atoms with Crippen molar-refractivity contribution >= 4 is 5.91 Å². The maximum atomic E-state index is 11.1. The topological polar surface area (TPSA) is 68.5 Å². The van der Waals surface area contributed by atoms with E-state index in [4.69, 9.17) is 10.6 Å². The highest BCUT2D eigenvalue weighted by molar-refractivity contribution is 5.76. The van der Waals surface area contributed by atoms with Crippen LogP contribution >= 0.6 is 0 Å². The highest BCUT2D eigenvalue weighted by Crippen LogP contribution is 2.17. The zero-order chi connectivity index (χ0) is 11.4. The van der Waals surface area contributed by atoms with Gasteiger partial charge in [-0.15, -0.1) is 5.06 Å². The first-order valence-electron chi connectivity index (χ1n) is 5.39. The lowest BCUT2D eigenvalue weighted by Crippen LogP contribution is -2.42. The van der Waals surface area contributed by atoms with Crippen LogP contribution in [0.3, 0.4) is 0 Å². The second-order valence-corrected chi connectivity index (χ2v) is 3.89. The molecule has 5 nitrogen and oxygen atoms in total. The van der Waals surface area contributed by atoms with Crippen LogP contribution in [-0.2, 0) is 4.79 Å². The van der Waals surface area contributed by atoms with E-state index in [9.17, 15) is 4.79 Å². The van der Waals surface area contributed by atoms with E-state index >= 15 is 0 Å². The van der Waals surface area contributed by atoms with E-state index in [2.05, 4.69) is 4.98 Å². The first-order valence-corrected chi connectivity index (χ1v) is 5.39. The lowest BCUT2D eigenvalue weighted by Gasteiger charge is -2.29. The molecule has 1 saturated heterocycles. The summed E-state index contributed by atoms with van der Waals surface area (Å²) in [4.78, 5) is 20.7. The molecule has 2 rings (SSSR count). The van der Waals surface area contributed by atoms with Gasteiger partial charge in [0.25, 0.3) is 0 Å². The molecule has 16 heavy (non-hydrogen) atoms. The molecule has 2 N–H and O–H groups in total. The molecule has 5 heteroatoms. The molecule has 0 spiro atoms. The Morgan fingerprint density at radius 2 is 2.44 bits per heavy atom. The number of aromatic nitrogens is 1. The Bertz CT molecular complexity index is 356. The van der Waals surface area contributed by atoms with Gasteiger partial charge in [-0.1, -0.05) is 6.07 Å². The van der Waals surface area contributed by atoms with Crippen molar-refractivity contribution in [3.8, 4) is 5.88 Å². The summed E-state index contributed by atoms with van der Waals surface area (Å²) in [6, 6.07) is 5.47. The number of nitrogens with two attached hydrogens (primary N) is 1. The molecule has 0 aromatic carbocycles. The van der Waals surface area contributed by atoms with E-state index in [1.165, 1.54) is 0 Å². The number of rotatable bonds is 3. The van der Waals surface area contributed by atoms with Gasteiger partial charge in [0.15, 0.2) is 0 Å². The molecule has 1 aromatic heterocycles. The third-order valence-electron chi connectivity index (χ3n) is 2.65. The summed E-state index contributed by atoms with van der Waals surface area (Å²) in [5.74, 6) is 0.180. The number of amides is 1. The van der Waals surface area contributed by atoms with Gasteiger partial charge in [0.2, 0.25) is 11.8 Å². The van der Waals surface area contributed by atoms with E-state index in [-0.39, 0.29) is 11.8 Å². The largest absolute Gasteiger partial charge is 0.386 e. The van der Waals surface area contributed by atoms with Crippen molar-refractivity contribution in [3.63, 3.8) is 0 Å². The van der Waals surface area contributed by atoms with Crippen molar-refractivity contribution in [2.24, 2.45) is 11.7 Å². The minimum atomic E-state index is -0.255. The number of hydroxylamine groups is 2. The fourth-order valence-electron chi connectivity index (χ4n) is 1.79. The number of hydrogen-bond donors (Lipinski definition) is 1. The molecule has 1 amide bonds. The molecule has 1 aliphatic rings. The Morgan fingerprint density at radius 3 is 3.12 bits per heavy atom. The Labute approximate surface area is 94.2 Å². The summed E-state index contributed by atoms with van der Waals surface area (Å²) < 4.78 is 0. The standard InChI is InChI=1S/C11H15N3O2/c12-11(15)9-4-3-7-14(8-9)16-10-5-1-2-6-13-10/h1-2,5-6,9H,3-4,7-8H2,(H2,12,15). The monoisotopic (exact) mass is 221 g/mol. The number of nitrogens with zero attached hydrogens (tertiary/aromatic N) is 2. The summed E-state index contributed by atoms with van der Waals surface area (Å²) in [6.45, 7) is 1.35. The fraction of sp³-hybridized carbons (Fsp3) is 0.455. The van der Waals surface area contributed by atoms with Crippen LogP contribution in [0.25, 0.3) is 0 Å². The quantitative estimate of drug-likeness (QED) is 0.810. The number of piperidine rings is 1. The van der Waals surface area contributed by atoms with Crippen LogP contribution in [0.15, 0.2) is 24.4 Å². The van der Waals surface area contributed by atoms with Crippen molar-refractivity contribution in [1.29, 1.82) is 0 Å². The second kappa shape index (κ2) is 4.94. The molecule has 1 aromatic rings. The van der Waals surface area contributed by atoms with Gasteiger partial charge in [-0.25, -0.2) is 4.98 Å². The summed E-state index contributed by atoms with van der Waals surface area (Å²) in [7, 11) is 0. The van der Waals surface area contributed by atoms with E-state index in [1.807, 2.05) is 12.1 Å². The summed E-state index contributed by atoms with van der Waals surface area (Å²) >= 11 is 0. The normalized spacial score (nSPS) is 21.6. The maximum absolute atomic E-state index is 11.1. The van der Waals surface area contributed by atoms with Crippen molar-refractivity contribution < 1.29 is 9.63 Å². The van der Waals surface area contributed by atoms with Crippen LogP contribution in [0.1, 0.15) is 12.8 Å². The second-order valence-electron chi connectivity index (χ2n) is 3.89. The average Bonchev–Trinajstić information content (AvgIpc) is 2.30. The number of hydrogen-bond acceptors (Lipinski definition) is 4. The first-order chi connectivity index (χ1) is 7.75. The predicted molar refractivity (Wildman–Crippen MR) is 58.4 cm³/mol. The average molecular weight is 221 g/mol. The number of primary amides is 1. The zero-order valence-corrected chi connectivity index (χ0v) is 9.00. The molecular weight excluding hydrogens is 206 g/mol. The molecular formula is C11H15N3O2.